The lowest BCUT2D eigenvalue weighted by Crippen LogP contribution is -2.16. The molecule has 7 nitrogen and oxygen atoms in total. The molecule has 0 radical (unpaired) electrons. The highest BCUT2D eigenvalue weighted by Crippen LogP contribution is 2.18. The van der Waals surface area contributed by atoms with Crippen LogP contribution in [0.3, 0.4) is 0 Å². The minimum Gasteiger partial charge on any atom is -0.464 e. The highest BCUT2D eigenvalue weighted by Gasteiger charge is 2.17. The lowest BCUT2D eigenvalue weighted by Gasteiger charge is -2.06. The van der Waals surface area contributed by atoms with Crippen LogP contribution in [0.1, 0.15) is 21.7 Å². The lowest BCUT2D eigenvalue weighted by atomic mass is 10.2. The van der Waals surface area contributed by atoms with Gasteiger partial charge in [-0.1, -0.05) is 0 Å². The number of nitrogens with one attached hydrogen (secondary N) is 2. The van der Waals surface area contributed by atoms with E-state index in [2.05, 4.69) is 20.0 Å². The molecule has 0 saturated heterocycles. The zero-order valence-corrected chi connectivity index (χ0v) is 11.8. The first-order valence-electron chi connectivity index (χ1n) is 6.27. The van der Waals surface area contributed by atoms with Gasteiger partial charge in [0.25, 0.3) is 0 Å². The number of methoxy groups -OCH3 is 1. The van der Waals surface area contributed by atoms with Crippen LogP contribution in [-0.2, 0) is 16.0 Å². The van der Waals surface area contributed by atoms with E-state index in [4.69, 9.17) is 5.73 Å². The Hall–Kier alpha value is -2.83. The Morgan fingerprint density at radius 1 is 1.43 bits per heavy atom. The van der Waals surface area contributed by atoms with Crippen molar-refractivity contribution in [1.82, 2.24) is 9.97 Å². The second-order valence-corrected chi connectivity index (χ2v) is 4.55. The fourth-order valence-corrected chi connectivity index (χ4v) is 1.94. The molecule has 0 fully saturated rings. The van der Waals surface area contributed by atoms with Crippen molar-refractivity contribution in [2.24, 2.45) is 0 Å². The SMILES string of the molecule is COC(=O)c1[nH]c(C)cc1NC(=O)Cc1ccnc(N)c1. The molecule has 2 aromatic heterocycles. The number of rotatable bonds is 4. The normalized spacial score (nSPS) is 10.2. The molecular formula is C14H16N4O3. The first kappa shape index (κ1) is 14.6. The van der Waals surface area contributed by atoms with Gasteiger partial charge in [0.15, 0.2) is 0 Å². The second-order valence-electron chi connectivity index (χ2n) is 4.55. The highest BCUT2D eigenvalue weighted by molar-refractivity contribution is 6.00. The van der Waals surface area contributed by atoms with Crippen molar-refractivity contribution in [3.8, 4) is 0 Å². The number of hydrogen-bond acceptors (Lipinski definition) is 5. The van der Waals surface area contributed by atoms with Crippen molar-refractivity contribution >= 4 is 23.4 Å². The van der Waals surface area contributed by atoms with Crippen molar-refractivity contribution in [1.29, 1.82) is 0 Å². The number of amides is 1. The minimum absolute atomic E-state index is 0.136. The summed E-state index contributed by atoms with van der Waals surface area (Å²) in [6, 6.07) is 5.01. The molecule has 1 amide bonds. The van der Waals surface area contributed by atoms with Crippen LogP contribution in [0.25, 0.3) is 0 Å². The lowest BCUT2D eigenvalue weighted by molar-refractivity contribution is -0.115. The average molecular weight is 288 g/mol. The van der Waals surface area contributed by atoms with Gasteiger partial charge in [-0.3, -0.25) is 4.79 Å². The first-order chi connectivity index (χ1) is 9.99. The summed E-state index contributed by atoms with van der Waals surface area (Å²) in [5.41, 5.74) is 7.67. The van der Waals surface area contributed by atoms with Crippen LogP contribution in [0.15, 0.2) is 24.4 Å². The van der Waals surface area contributed by atoms with Crippen LogP contribution in [0.4, 0.5) is 11.5 Å². The van der Waals surface area contributed by atoms with E-state index < -0.39 is 5.97 Å². The molecule has 0 unspecified atom stereocenters. The summed E-state index contributed by atoms with van der Waals surface area (Å²) in [5.74, 6) is -0.440. The maximum absolute atomic E-state index is 12.0. The maximum atomic E-state index is 12.0. The van der Waals surface area contributed by atoms with E-state index >= 15 is 0 Å². The van der Waals surface area contributed by atoms with Crippen molar-refractivity contribution in [2.45, 2.75) is 13.3 Å². The molecule has 2 aromatic rings. The van der Waals surface area contributed by atoms with Gasteiger partial charge < -0.3 is 20.8 Å². The van der Waals surface area contributed by atoms with Gasteiger partial charge in [0.05, 0.1) is 19.2 Å². The summed E-state index contributed by atoms with van der Waals surface area (Å²) >= 11 is 0. The van der Waals surface area contributed by atoms with Crippen LogP contribution in [0.5, 0.6) is 0 Å². The molecule has 0 saturated carbocycles. The van der Waals surface area contributed by atoms with E-state index in [1.165, 1.54) is 13.3 Å². The molecule has 2 heterocycles. The Balaban J connectivity index is 2.11. The Labute approximate surface area is 121 Å². The number of nitrogen functional groups attached to an aromatic ring is 1. The van der Waals surface area contributed by atoms with E-state index in [0.717, 1.165) is 11.3 Å². The number of pyridine rings is 1. The number of nitrogens with zero attached hydrogens (tertiary/aromatic N) is 1. The zero-order chi connectivity index (χ0) is 15.4. The van der Waals surface area contributed by atoms with Gasteiger partial charge in [0, 0.05) is 11.9 Å². The minimum atomic E-state index is -0.536. The van der Waals surface area contributed by atoms with E-state index in [9.17, 15) is 9.59 Å². The van der Waals surface area contributed by atoms with Crippen molar-refractivity contribution in [2.75, 3.05) is 18.2 Å². The number of hydrogen-bond donors (Lipinski definition) is 3. The van der Waals surface area contributed by atoms with E-state index in [1.807, 2.05) is 0 Å². The number of aromatic nitrogens is 2. The van der Waals surface area contributed by atoms with E-state index in [1.54, 1.807) is 25.1 Å². The van der Waals surface area contributed by atoms with Crippen molar-refractivity contribution in [3.63, 3.8) is 0 Å². The van der Waals surface area contributed by atoms with Crippen LogP contribution >= 0.6 is 0 Å². The van der Waals surface area contributed by atoms with E-state index in [0.29, 0.717) is 11.5 Å². The molecule has 0 aliphatic carbocycles. The van der Waals surface area contributed by atoms with Gasteiger partial charge >= 0.3 is 5.97 Å². The number of carbonyl (C=O) groups excluding carboxylic acids is 2. The molecule has 7 heteroatoms. The quantitative estimate of drug-likeness (QED) is 0.734. The third kappa shape index (κ3) is 3.59. The van der Waals surface area contributed by atoms with Gasteiger partial charge in [-0.2, -0.15) is 0 Å². The Morgan fingerprint density at radius 3 is 2.86 bits per heavy atom. The van der Waals surface area contributed by atoms with E-state index in [-0.39, 0.29) is 18.0 Å². The smallest absolute Gasteiger partial charge is 0.356 e. The number of aryl methyl sites for hydroxylation is 1. The van der Waals surface area contributed by atoms with Crippen molar-refractivity contribution in [3.05, 3.63) is 41.3 Å². The number of esters is 1. The van der Waals surface area contributed by atoms with Gasteiger partial charge in [0.2, 0.25) is 5.91 Å². The summed E-state index contributed by atoms with van der Waals surface area (Å²) in [4.78, 5) is 30.3. The molecule has 0 spiro atoms. The Bertz CT molecular complexity index is 679. The molecule has 21 heavy (non-hydrogen) atoms. The fraction of sp³-hybridized carbons (Fsp3) is 0.214. The molecule has 2 rings (SSSR count). The highest BCUT2D eigenvalue weighted by atomic mass is 16.5. The largest absolute Gasteiger partial charge is 0.464 e. The van der Waals surface area contributed by atoms with Gasteiger partial charge in [-0.15, -0.1) is 0 Å². The summed E-state index contributed by atoms with van der Waals surface area (Å²) < 4.78 is 4.66. The molecule has 110 valence electrons. The Kier molecular flexibility index (Phi) is 4.22. The molecule has 0 aromatic carbocycles. The Morgan fingerprint density at radius 2 is 2.19 bits per heavy atom. The van der Waals surface area contributed by atoms with Gasteiger partial charge in [0.1, 0.15) is 11.5 Å². The fourth-order valence-electron chi connectivity index (χ4n) is 1.94. The van der Waals surface area contributed by atoms with Crippen LogP contribution in [-0.4, -0.2) is 29.0 Å². The first-order valence-corrected chi connectivity index (χ1v) is 6.27. The molecular weight excluding hydrogens is 272 g/mol. The second kappa shape index (κ2) is 6.08. The standard InChI is InChI=1S/C14H16N4O3/c1-8-5-10(13(17-8)14(20)21-2)18-12(19)7-9-3-4-16-11(15)6-9/h3-6,17H,7H2,1-2H3,(H2,15,16)(H,18,19). The van der Waals surface area contributed by atoms with Crippen LogP contribution in [0, 0.1) is 6.92 Å². The summed E-state index contributed by atoms with van der Waals surface area (Å²) in [6.45, 7) is 1.78. The number of aromatic amines is 1. The third-order valence-corrected chi connectivity index (χ3v) is 2.83. The predicted octanol–water partition coefficient (Wildman–Crippen LogP) is 1.27. The summed E-state index contributed by atoms with van der Waals surface area (Å²) in [5, 5.41) is 2.68. The summed E-state index contributed by atoms with van der Waals surface area (Å²) in [7, 11) is 1.28. The number of H-pyrrole nitrogens is 1. The number of nitrogens with two attached hydrogens (primary N) is 1. The number of anilines is 2. The third-order valence-electron chi connectivity index (χ3n) is 2.83. The molecule has 0 bridgehead atoms. The monoisotopic (exact) mass is 288 g/mol. The molecule has 4 N–H and O–H groups in total. The average Bonchev–Trinajstić information content (AvgIpc) is 2.78. The number of carbonyl (C=O) groups is 2. The zero-order valence-electron chi connectivity index (χ0n) is 11.8. The van der Waals surface area contributed by atoms with Crippen LogP contribution in [0.2, 0.25) is 0 Å². The van der Waals surface area contributed by atoms with Gasteiger partial charge in [-0.05, 0) is 30.7 Å². The molecule has 0 atom stereocenters. The molecule has 0 aliphatic heterocycles. The van der Waals surface area contributed by atoms with Crippen LogP contribution < -0.4 is 11.1 Å². The van der Waals surface area contributed by atoms with Gasteiger partial charge in [-0.25, -0.2) is 9.78 Å². The maximum Gasteiger partial charge on any atom is 0.356 e. The predicted molar refractivity (Wildman–Crippen MR) is 77.9 cm³/mol. The number of ether oxygens (including phenoxy) is 1. The van der Waals surface area contributed by atoms with Crippen molar-refractivity contribution < 1.29 is 14.3 Å². The summed E-state index contributed by atoms with van der Waals surface area (Å²) in [6.07, 6.45) is 1.68. The topological polar surface area (TPSA) is 110 Å². The molecule has 0 aliphatic rings.